The fraction of sp³-hybridized carbons (Fsp3) is 0.400. The highest BCUT2D eigenvalue weighted by atomic mass is 79.9. The number of hydrogen-bond acceptors (Lipinski definition) is 3. The van der Waals surface area contributed by atoms with Gasteiger partial charge in [0.25, 0.3) is 0 Å². The molecule has 0 aliphatic rings. The van der Waals surface area contributed by atoms with Crippen LogP contribution in [0.2, 0.25) is 5.15 Å². The molecule has 1 rings (SSSR count). The van der Waals surface area contributed by atoms with Crippen LogP contribution in [-0.2, 0) is 4.79 Å². The summed E-state index contributed by atoms with van der Waals surface area (Å²) < 4.78 is 0.661. The molecule has 0 aromatic carbocycles. The second kappa shape index (κ2) is 6.83. The molecule has 1 heterocycles. The van der Waals surface area contributed by atoms with Crippen LogP contribution >= 0.6 is 27.5 Å². The van der Waals surface area contributed by atoms with E-state index in [1.807, 2.05) is 0 Å². The number of hydrogen-bond donors (Lipinski definition) is 2. The summed E-state index contributed by atoms with van der Waals surface area (Å²) in [6, 6.07) is 1.72. The molecule has 3 N–H and O–H groups in total. The fourth-order valence-corrected chi connectivity index (χ4v) is 1.60. The van der Waals surface area contributed by atoms with Crippen molar-refractivity contribution in [3.05, 3.63) is 21.9 Å². The number of pyridine rings is 1. The number of unbranched alkanes of at least 4 members (excludes halogenated alkanes) is 1. The predicted octanol–water partition coefficient (Wildman–Crippen LogP) is 2.57. The first-order valence-corrected chi connectivity index (χ1v) is 6.11. The van der Waals surface area contributed by atoms with Crippen molar-refractivity contribution in [2.75, 3.05) is 11.9 Å². The third-order valence-electron chi connectivity index (χ3n) is 1.94. The average Bonchev–Trinajstić information content (AvgIpc) is 2.24. The highest BCUT2D eigenvalue weighted by Gasteiger charge is 2.04. The monoisotopic (exact) mass is 305 g/mol. The molecule has 0 atom stereocenters. The quantitative estimate of drug-likeness (QED) is 0.649. The molecule has 1 amide bonds. The van der Waals surface area contributed by atoms with Crippen molar-refractivity contribution in [1.82, 2.24) is 4.98 Å². The molecule has 0 radical (unpaired) electrons. The minimum atomic E-state index is -0.0375. The maximum Gasteiger partial charge on any atom is 0.224 e. The van der Waals surface area contributed by atoms with Gasteiger partial charge in [-0.25, -0.2) is 4.98 Å². The van der Waals surface area contributed by atoms with Gasteiger partial charge in [0, 0.05) is 6.42 Å². The van der Waals surface area contributed by atoms with Crippen LogP contribution in [0.15, 0.2) is 16.7 Å². The van der Waals surface area contributed by atoms with E-state index >= 15 is 0 Å². The van der Waals surface area contributed by atoms with Crippen molar-refractivity contribution in [2.24, 2.45) is 5.73 Å². The van der Waals surface area contributed by atoms with Crippen LogP contribution in [0.4, 0.5) is 5.69 Å². The van der Waals surface area contributed by atoms with Crippen LogP contribution in [0.25, 0.3) is 0 Å². The highest BCUT2D eigenvalue weighted by molar-refractivity contribution is 9.10. The van der Waals surface area contributed by atoms with Gasteiger partial charge in [-0.1, -0.05) is 11.6 Å². The topological polar surface area (TPSA) is 68.0 Å². The van der Waals surface area contributed by atoms with E-state index in [4.69, 9.17) is 17.3 Å². The van der Waals surface area contributed by atoms with E-state index in [0.29, 0.717) is 28.3 Å². The minimum Gasteiger partial charge on any atom is -0.330 e. The number of nitrogens with two attached hydrogens (primary N) is 1. The Kier molecular flexibility index (Phi) is 5.73. The van der Waals surface area contributed by atoms with E-state index in [-0.39, 0.29) is 5.91 Å². The van der Waals surface area contributed by atoms with Gasteiger partial charge in [-0.3, -0.25) is 4.79 Å². The number of rotatable bonds is 5. The van der Waals surface area contributed by atoms with E-state index < -0.39 is 0 Å². The van der Waals surface area contributed by atoms with Gasteiger partial charge in [-0.15, -0.1) is 0 Å². The Morgan fingerprint density at radius 2 is 2.31 bits per heavy atom. The van der Waals surface area contributed by atoms with Gasteiger partial charge >= 0.3 is 0 Å². The molecule has 4 nitrogen and oxygen atoms in total. The van der Waals surface area contributed by atoms with Crippen molar-refractivity contribution in [2.45, 2.75) is 19.3 Å². The third kappa shape index (κ3) is 4.47. The molecule has 1 aromatic rings. The predicted molar refractivity (Wildman–Crippen MR) is 68.5 cm³/mol. The highest BCUT2D eigenvalue weighted by Crippen LogP contribution is 2.22. The average molecular weight is 307 g/mol. The third-order valence-corrected chi connectivity index (χ3v) is 3.07. The first kappa shape index (κ1) is 13.4. The van der Waals surface area contributed by atoms with Crippen LogP contribution in [-0.4, -0.2) is 17.4 Å². The normalized spacial score (nSPS) is 10.2. The molecule has 0 aliphatic heterocycles. The zero-order valence-corrected chi connectivity index (χ0v) is 11.0. The van der Waals surface area contributed by atoms with E-state index in [2.05, 4.69) is 26.2 Å². The van der Waals surface area contributed by atoms with Gasteiger partial charge in [0.15, 0.2) is 0 Å². The molecule has 0 unspecified atom stereocenters. The van der Waals surface area contributed by atoms with E-state index in [1.165, 1.54) is 6.20 Å². The number of nitrogens with zero attached hydrogens (tertiary/aromatic N) is 1. The number of nitrogens with one attached hydrogen (secondary N) is 1. The maximum absolute atomic E-state index is 11.5. The first-order chi connectivity index (χ1) is 7.63. The lowest BCUT2D eigenvalue weighted by Gasteiger charge is -2.05. The van der Waals surface area contributed by atoms with Gasteiger partial charge < -0.3 is 11.1 Å². The second-order valence-electron chi connectivity index (χ2n) is 3.29. The van der Waals surface area contributed by atoms with Gasteiger partial charge in [-0.05, 0) is 41.4 Å². The summed E-state index contributed by atoms with van der Waals surface area (Å²) in [6.07, 6.45) is 3.64. The molecule has 1 aromatic heterocycles. The zero-order valence-electron chi connectivity index (χ0n) is 8.67. The van der Waals surface area contributed by atoms with Crippen LogP contribution in [0.1, 0.15) is 19.3 Å². The molecule has 0 spiro atoms. The number of amides is 1. The van der Waals surface area contributed by atoms with Crippen LogP contribution < -0.4 is 11.1 Å². The summed E-state index contributed by atoms with van der Waals surface area (Å²) in [5, 5.41) is 3.11. The molecular weight excluding hydrogens is 293 g/mol. The molecule has 0 saturated carbocycles. The lowest BCUT2D eigenvalue weighted by molar-refractivity contribution is -0.116. The first-order valence-electron chi connectivity index (χ1n) is 4.94. The Labute approximate surface area is 108 Å². The Hall–Kier alpha value is -0.650. The number of carbonyl (C=O) groups excluding carboxylic acids is 1. The van der Waals surface area contributed by atoms with E-state index in [1.54, 1.807) is 6.07 Å². The number of halogens is 2. The van der Waals surface area contributed by atoms with Crippen molar-refractivity contribution in [3.8, 4) is 0 Å². The largest absolute Gasteiger partial charge is 0.330 e. The number of carbonyl (C=O) groups is 1. The Morgan fingerprint density at radius 3 is 2.94 bits per heavy atom. The molecule has 88 valence electrons. The van der Waals surface area contributed by atoms with Crippen molar-refractivity contribution >= 4 is 39.1 Å². The number of aromatic nitrogens is 1. The van der Waals surface area contributed by atoms with E-state index in [9.17, 15) is 4.79 Å². The van der Waals surface area contributed by atoms with Crippen LogP contribution in [0, 0.1) is 0 Å². The Morgan fingerprint density at radius 1 is 1.56 bits per heavy atom. The molecular formula is C10H13BrClN3O. The minimum absolute atomic E-state index is 0.0375. The fourth-order valence-electron chi connectivity index (χ4n) is 1.14. The summed E-state index contributed by atoms with van der Waals surface area (Å²) in [5.41, 5.74) is 5.97. The summed E-state index contributed by atoms with van der Waals surface area (Å²) in [6.45, 7) is 0.612. The maximum atomic E-state index is 11.5. The van der Waals surface area contributed by atoms with Gasteiger partial charge in [-0.2, -0.15) is 0 Å². The standard InChI is InChI=1S/C10H13BrClN3O/c11-8-5-7(6-14-10(8)12)15-9(16)3-1-2-4-13/h5-6H,1-4,13H2,(H,15,16). The van der Waals surface area contributed by atoms with E-state index in [0.717, 1.165) is 12.8 Å². The zero-order chi connectivity index (χ0) is 12.0. The summed E-state index contributed by atoms with van der Waals surface area (Å²) >= 11 is 8.97. The van der Waals surface area contributed by atoms with Gasteiger partial charge in [0.2, 0.25) is 5.91 Å². The summed E-state index contributed by atoms with van der Waals surface area (Å²) in [7, 11) is 0. The summed E-state index contributed by atoms with van der Waals surface area (Å²) in [5.74, 6) is -0.0375. The van der Waals surface area contributed by atoms with Crippen LogP contribution in [0.3, 0.4) is 0 Å². The van der Waals surface area contributed by atoms with Crippen molar-refractivity contribution in [1.29, 1.82) is 0 Å². The molecule has 0 fully saturated rings. The van der Waals surface area contributed by atoms with Crippen molar-refractivity contribution < 1.29 is 4.79 Å². The van der Waals surface area contributed by atoms with Crippen molar-refractivity contribution in [3.63, 3.8) is 0 Å². The molecule has 0 aliphatic carbocycles. The lowest BCUT2D eigenvalue weighted by atomic mass is 10.2. The SMILES string of the molecule is NCCCCC(=O)Nc1cnc(Cl)c(Br)c1. The molecule has 16 heavy (non-hydrogen) atoms. The Balaban J connectivity index is 2.46. The lowest BCUT2D eigenvalue weighted by Crippen LogP contribution is -2.12. The summed E-state index contributed by atoms with van der Waals surface area (Å²) in [4.78, 5) is 15.4. The molecule has 6 heteroatoms. The van der Waals surface area contributed by atoms with Gasteiger partial charge in [0.1, 0.15) is 5.15 Å². The van der Waals surface area contributed by atoms with Gasteiger partial charge in [0.05, 0.1) is 16.4 Å². The smallest absolute Gasteiger partial charge is 0.224 e. The second-order valence-corrected chi connectivity index (χ2v) is 4.50. The molecule has 0 bridgehead atoms. The number of anilines is 1. The molecule has 0 saturated heterocycles. The van der Waals surface area contributed by atoms with Crippen LogP contribution in [0.5, 0.6) is 0 Å². The Bertz CT molecular complexity index is 373.